The maximum atomic E-state index is 14.0. The summed E-state index contributed by atoms with van der Waals surface area (Å²) in [6, 6.07) is 22.3. The molecule has 1 N–H and O–H groups in total. The van der Waals surface area contributed by atoms with Crippen molar-refractivity contribution in [3.8, 4) is 5.75 Å². The van der Waals surface area contributed by atoms with Crippen molar-refractivity contribution >= 4 is 27.7 Å². The normalized spacial score (nSPS) is 11.5. The number of hydrogen-bond acceptors (Lipinski definition) is 3. The fraction of sp³-hybridized carbons (Fsp3) is 0.259. The Labute approximate surface area is 208 Å². The van der Waals surface area contributed by atoms with Crippen LogP contribution in [0.3, 0.4) is 0 Å². The number of nitrogens with zero attached hydrogens (tertiary/aromatic N) is 1. The number of amides is 2. The van der Waals surface area contributed by atoms with Gasteiger partial charge in [-0.2, -0.15) is 0 Å². The molecule has 3 aromatic carbocycles. The standard InChI is InChI=1S/C27H28BrFN2O3/c1-2-15-30-27(33)24(17-20-9-4-3-5-10-20)31(18-21-11-8-12-22(28)16-21)26(32)19-34-25-14-7-6-13-23(25)29/h3-14,16,24H,2,15,17-19H2,1H3,(H,30,33)/t24-/m0/s1. The Morgan fingerprint density at radius 1 is 1.00 bits per heavy atom. The van der Waals surface area contributed by atoms with Gasteiger partial charge in [-0.1, -0.05) is 77.5 Å². The number of benzene rings is 3. The highest BCUT2D eigenvalue weighted by molar-refractivity contribution is 9.10. The van der Waals surface area contributed by atoms with Gasteiger partial charge < -0.3 is 15.0 Å². The average molecular weight is 527 g/mol. The van der Waals surface area contributed by atoms with E-state index < -0.39 is 17.8 Å². The third-order valence-electron chi connectivity index (χ3n) is 5.25. The van der Waals surface area contributed by atoms with Crippen molar-refractivity contribution in [3.63, 3.8) is 0 Å². The zero-order valence-electron chi connectivity index (χ0n) is 19.0. The molecule has 3 rings (SSSR count). The first-order chi connectivity index (χ1) is 16.5. The van der Waals surface area contributed by atoms with Gasteiger partial charge in [-0.15, -0.1) is 0 Å². The van der Waals surface area contributed by atoms with Crippen LogP contribution in [0, 0.1) is 5.82 Å². The summed E-state index contributed by atoms with van der Waals surface area (Å²) in [5, 5.41) is 2.93. The number of halogens is 2. The molecule has 1 atom stereocenters. The minimum absolute atomic E-state index is 0.00620. The predicted octanol–water partition coefficient (Wildman–Crippen LogP) is 5.13. The smallest absolute Gasteiger partial charge is 0.261 e. The van der Waals surface area contributed by atoms with E-state index in [1.807, 2.05) is 61.5 Å². The van der Waals surface area contributed by atoms with Gasteiger partial charge in [0.15, 0.2) is 18.2 Å². The number of carbonyl (C=O) groups is 2. The summed E-state index contributed by atoms with van der Waals surface area (Å²) < 4.78 is 20.4. The number of rotatable bonds is 11. The lowest BCUT2D eigenvalue weighted by Crippen LogP contribution is -2.51. The van der Waals surface area contributed by atoms with Gasteiger partial charge in [-0.05, 0) is 41.8 Å². The molecule has 0 aliphatic heterocycles. The fourth-order valence-corrected chi connectivity index (χ4v) is 3.98. The highest BCUT2D eigenvalue weighted by atomic mass is 79.9. The first-order valence-electron chi connectivity index (χ1n) is 11.2. The van der Waals surface area contributed by atoms with E-state index >= 15 is 0 Å². The largest absolute Gasteiger partial charge is 0.481 e. The minimum Gasteiger partial charge on any atom is -0.481 e. The van der Waals surface area contributed by atoms with E-state index in [1.54, 1.807) is 12.1 Å². The highest BCUT2D eigenvalue weighted by Gasteiger charge is 2.30. The molecular weight excluding hydrogens is 499 g/mol. The van der Waals surface area contributed by atoms with Gasteiger partial charge in [0.1, 0.15) is 6.04 Å². The van der Waals surface area contributed by atoms with E-state index in [-0.39, 0.29) is 24.8 Å². The third kappa shape index (κ3) is 7.42. The third-order valence-corrected chi connectivity index (χ3v) is 5.74. The Morgan fingerprint density at radius 2 is 1.71 bits per heavy atom. The average Bonchev–Trinajstić information content (AvgIpc) is 2.84. The monoisotopic (exact) mass is 526 g/mol. The van der Waals surface area contributed by atoms with E-state index in [1.165, 1.54) is 17.0 Å². The molecule has 34 heavy (non-hydrogen) atoms. The Bertz CT molecular complexity index is 1090. The second kappa shape index (κ2) is 12.9. The molecule has 0 bridgehead atoms. The van der Waals surface area contributed by atoms with Crippen molar-refractivity contribution in [2.75, 3.05) is 13.2 Å². The van der Waals surface area contributed by atoms with Crippen LogP contribution in [0.5, 0.6) is 5.75 Å². The van der Waals surface area contributed by atoms with Gasteiger partial charge in [0.25, 0.3) is 5.91 Å². The van der Waals surface area contributed by atoms with E-state index in [9.17, 15) is 14.0 Å². The molecule has 0 heterocycles. The summed E-state index contributed by atoms with van der Waals surface area (Å²) in [5.74, 6) is -1.19. The SMILES string of the molecule is CCCNC(=O)[C@H](Cc1ccccc1)N(Cc1cccc(Br)c1)C(=O)COc1ccccc1F. The number of para-hydroxylation sites is 1. The molecule has 178 valence electrons. The summed E-state index contributed by atoms with van der Waals surface area (Å²) in [4.78, 5) is 28.2. The quantitative estimate of drug-likeness (QED) is 0.376. The molecular formula is C27H28BrFN2O3. The van der Waals surface area contributed by atoms with Crippen LogP contribution in [0.25, 0.3) is 0 Å². The predicted molar refractivity (Wildman–Crippen MR) is 134 cm³/mol. The second-order valence-electron chi connectivity index (χ2n) is 7.87. The van der Waals surface area contributed by atoms with Crippen molar-refractivity contribution in [2.45, 2.75) is 32.4 Å². The van der Waals surface area contributed by atoms with E-state index in [0.717, 1.165) is 22.0 Å². The van der Waals surface area contributed by atoms with Crippen LogP contribution in [0.4, 0.5) is 4.39 Å². The van der Waals surface area contributed by atoms with E-state index in [4.69, 9.17) is 4.74 Å². The van der Waals surface area contributed by atoms with Gasteiger partial charge in [-0.25, -0.2) is 4.39 Å². The van der Waals surface area contributed by atoms with Crippen LogP contribution < -0.4 is 10.1 Å². The Hall–Kier alpha value is -3.19. The van der Waals surface area contributed by atoms with Gasteiger partial charge >= 0.3 is 0 Å². The number of hydrogen-bond donors (Lipinski definition) is 1. The molecule has 0 aliphatic rings. The first-order valence-corrected chi connectivity index (χ1v) is 12.0. The van der Waals surface area contributed by atoms with Crippen molar-refractivity contribution in [2.24, 2.45) is 0 Å². The van der Waals surface area contributed by atoms with Crippen molar-refractivity contribution in [3.05, 3.63) is 100 Å². The van der Waals surface area contributed by atoms with Crippen LogP contribution in [0.15, 0.2) is 83.3 Å². The summed E-state index contributed by atoms with van der Waals surface area (Å²) in [6.07, 6.45) is 1.12. The van der Waals surface area contributed by atoms with Crippen LogP contribution in [-0.2, 0) is 22.6 Å². The zero-order chi connectivity index (χ0) is 24.3. The molecule has 0 saturated carbocycles. The van der Waals surface area contributed by atoms with E-state index in [0.29, 0.717) is 13.0 Å². The van der Waals surface area contributed by atoms with Gasteiger partial charge in [0.2, 0.25) is 5.91 Å². The molecule has 0 fully saturated rings. The summed E-state index contributed by atoms with van der Waals surface area (Å²) in [6.45, 7) is 2.30. The maximum absolute atomic E-state index is 14.0. The lowest BCUT2D eigenvalue weighted by molar-refractivity contribution is -0.142. The molecule has 0 spiro atoms. The molecule has 0 unspecified atom stereocenters. The molecule has 0 aromatic heterocycles. The van der Waals surface area contributed by atoms with Gasteiger partial charge in [0, 0.05) is 24.0 Å². The number of carbonyl (C=O) groups excluding carboxylic acids is 2. The molecule has 2 amide bonds. The zero-order valence-corrected chi connectivity index (χ0v) is 20.6. The Balaban J connectivity index is 1.90. The van der Waals surface area contributed by atoms with E-state index in [2.05, 4.69) is 21.2 Å². The molecule has 3 aromatic rings. The lowest BCUT2D eigenvalue weighted by atomic mass is 10.0. The summed E-state index contributed by atoms with van der Waals surface area (Å²) >= 11 is 3.46. The van der Waals surface area contributed by atoms with Crippen LogP contribution >= 0.6 is 15.9 Å². The molecule has 0 radical (unpaired) electrons. The number of nitrogens with one attached hydrogen (secondary N) is 1. The maximum Gasteiger partial charge on any atom is 0.261 e. The van der Waals surface area contributed by atoms with Crippen molar-refractivity contribution < 1.29 is 18.7 Å². The summed E-state index contributed by atoms with van der Waals surface area (Å²) in [7, 11) is 0. The van der Waals surface area contributed by atoms with Crippen molar-refractivity contribution in [1.29, 1.82) is 0 Å². The molecule has 5 nitrogen and oxygen atoms in total. The molecule has 7 heteroatoms. The van der Waals surface area contributed by atoms with Crippen LogP contribution in [0.2, 0.25) is 0 Å². The lowest BCUT2D eigenvalue weighted by Gasteiger charge is -2.31. The molecule has 0 saturated heterocycles. The number of ether oxygens (including phenoxy) is 1. The Morgan fingerprint density at radius 3 is 2.41 bits per heavy atom. The van der Waals surface area contributed by atoms with Crippen molar-refractivity contribution in [1.82, 2.24) is 10.2 Å². The van der Waals surface area contributed by atoms with Crippen LogP contribution in [-0.4, -0.2) is 35.9 Å². The van der Waals surface area contributed by atoms with Crippen LogP contribution in [0.1, 0.15) is 24.5 Å². The summed E-state index contributed by atoms with van der Waals surface area (Å²) in [5.41, 5.74) is 1.79. The van der Waals surface area contributed by atoms with Gasteiger partial charge in [-0.3, -0.25) is 9.59 Å². The second-order valence-corrected chi connectivity index (χ2v) is 8.78. The first kappa shape index (κ1) is 25.4. The molecule has 0 aliphatic carbocycles. The minimum atomic E-state index is -0.760. The Kier molecular flexibility index (Phi) is 9.64. The van der Waals surface area contributed by atoms with Gasteiger partial charge in [0.05, 0.1) is 0 Å². The topological polar surface area (TPSA) is 58.6 Å². The fourth-order valence-electron chi connectivity index (χ4n) is 3.54. The highest BCUT2D eigenvalue weighted by Crippen LogP contribution is 2.19.